The first-order valence-corrected chi connectivity index (χ1v) is 7.79. The van der Waals surface area contributed by atoms with Gasteiger partial charge in [0.15, 0.2) is 0 Å². The molecule has 0 radical (unpaired) electrons. The molecule has 0 aliphatic rings. The number of hydrogen-bond donors (Lipinski definition) is 1. The van der Waals surface area contributed by atoms with Crippen LogP contribution in [0.3, 0.4) is 0 Å². The molecule has 5 nitrogen and oxygen atoms in total. The van der Waals surface area contributed by atoms with Crippen LogP contribution in [0.1, 0.15) is 24.4 Å². The maximum absolute atomic E-state index is 11.0. The van der Waals surface area contributed by atoms with Crippen molar-refractivity contribution in [2.24, 2.45) is 0 Å². The molecule has 2 heterocycles. The van der Waals surface area contributed by atoms with Crippen molar-refractivity contribution < 1.29 is 9.90 Å². The minimum absolute atomic E-state index is 0.0417. The Hall–Kier alpha value is -1.79. The molecule has 0 fully saturated rings. The van der Waals surface area contributed by atoms with E-state index in [1.807, 2.05) is 18.2 Å². The molecule has 2 aromatic rings. The van der Waals surface area contributed by atoms with Crippen molar-refractivity contribution in [1.29, 1.82) is 0 Å². The highest BCUT2D eigenvalue weighted by Gasteiger charge is 2.17. The molecule has 2 aromatic heterocycles. The molecule has 1 N–H and O–H groups in total. The fourth-order valence-electron chi connectivity index (χ4n) is 2.04. The van der Waals surface area contributed by atoms with Crippen LogP contribution >= 0.6 is 11.3 Å². The molecular weight excluding hydrogens is 286 g/mol. The molecule has 6 heteroatoms. The monoisotopic (exact) mass is 305 g/mol. The molecule has 0 aliphatic carbocycles. The van der Waals surface area contributed by atoms with Crippen LogP contribution in [-0.2, 0) is 17.8 Å². The van der Waals surface area contributed by atoms with Crippen LogP contribution in [0.15, 0.2) is 24.4 Å². The summed E-state index contributed by atoms with van der Waals surface area (Å²) in [5.74, 6) is -0.853. The largest absolute Gasteiger partial charge is 0.481 e. The van der Waals surface area contributed by atoms with Crippen molar-refractivity contribution in [1.82, 2.24) is 14.9 Å². The van der Waals surface area contributed by atoms with Crippen LogP contribution in [0, 0.1) is 0 Å². The van der Waals surface area contributed by atoms with Crippen LogP contribution in [-0.4, -0.2) is 39.0 Å². The topological polar surface area (TPSA) is 66.3 Å². The Morgan fingerprint density at radius 3 is 2.67 bits per heavy atom. The van der Waals surface area contributed by atoms with Gasteiger partial charge in [-0.15, -0.1) is 11.3 Å². The van der Waals surface area contributed by atoms with Crippen LogP contribution in [0.2, 0.25) is 0 Å². The number of hydrogen-bond acceptors (Lipinski definition) is 5. The van der Waals surface area contributed by atoms with E-state index in [0.717, 1.165) is 35.2 Å². The Labute approximate surface area is 128 Å². The third-order valence-electron chi connectivity index (χ3n) is 3.24. The summed E-state index contributed by atoms with van der Waals surface area (Å²) in [4.78, 5) is 23.1. The van der Waals surface area contributed by atoms with Gasteiger partial charge in [0, 0.05) is 17.6 Å². The molecule has 0 atom stereocenters. The van der Waals surface area contributed by atoms with Crippen molar-refractivity contribution >= 4 is 17.3 Å². The summed E-state index contributed by atoms with van der Waals surface area (Å²) in [6, 6.07) is 5.65. The smallest absolute Gasteiger partial charge is 0.309 e. The lowest BCUT2D eigenvalue weighted by Gasteiger charge is -2.17. The second-order valence-electron chi connectivity index (χ2n) is 4.64. The lowest BCUT2D eigenvalue weighted by atomic mass is 10.2. The molecule has 0 saturated heterocycles. The van der Waals surface area contributed by atoms with E-state index < -0.39 is 5.97 Å². The Bertz CT molecular complexity index is 594. The maximum Gasteiger partial charge on any atom is 0.309 e. The van der Waals surface area contributed by atoms with Gasteiger partial charge in [0.1, 0.15) is 5.01 Å². The molecule has 0 amide bonds. The lowest BCUT2D eigenvalue weighted by Crippen LogP contribution is -2.22. The number of carboxylic acids is 1. The van der Waals surface area contributed by atoms with E-state index in [0.29, 0.717) is 5.69 Å². The number of pyridine rings is 1. The minimum Gasteiger partial charge on any atom is -0.481 e. The molecular formula is C15H19N3O2S. The Morgan fingerprint density at radius 1 is 1.33 bits per heavy atom. The van der Waals surface area contributed by atoms with Gasteiger partial charge in [-0.1, -0.05) is 19.9 Å². The summed E-state index contributed by atoms with van der Waals surface area (Å²) in [5.41, 5.74) is 1.44. The van der Waals surface area contributed by atoms with E-state index >= 15 is 0 Å². The standard InChI is InChI=1S/C15H19N3O2S/c1-3-18(4-2)10-13-12(9-14(19)20)17-15(21-13)11-7-5-6-8-16-11/h5-8H,3-4,9-10H2,1-2H3,(H,19,20). The Morgan fingerprint density at radius 2 is 2.10 bits per heavy atom. The zero-order valence-electron chi connectivity index (χ0n) is 12.2. The van der Waals surface area contributed by atoms with Gasteiger partial charge in [-0.05, 0) is 25.2 Å². The highest BCUT2D eigenvalue weighted by atomic mass is 32.1. The zero-order valence-corrected chi connectivity index (χ0v) is 13.1. The van der Waals surface area contributed by atoms with Crippen molar-refractivity contribution in [2.45, 2.75) is 26.8 Å². The third kappa shape index (κ3) is 4.09. The number of carboxylic acid groups (broad SMARTS) is 1. The molecule has 0 saturated carbocycles. The average molecular weight is 305 g/mol. The fraction of sp³-hybridized carbons (Fsp3) is 0.400. The van der Waals surface area contributed by atoms with Gasteiger partial charge in [-0.2, -0.15) is 0 Å². The van der Waals surface area contributed by atoms with Gasteiger partial charge in [-0.3, -0.25) is 14.7 Å². The van der Waals surface area contributed by atoms with Gasteiger partial charge < -0.3 is 5.11 Å². The summed E-state index contributed by atoms with van der Waals surface area (Å²) >= 11 is 1.54. The van der Waals surface area contributed by atoms with Gasteiger partial charge in [0.25, 0.3) is 0 Å². The van der Waals surface area contributed by atoms with Gasteiger partial charge in [0.05, 0.1) is 17.8 Å². The van der Waals surface area contributed by atoms with E-state index in [9.17, 15) is 4.79 Å². The highest BCUT2D eigenvalue weighted by molar-refractivity contribution is 7.15. The summed E-state index contributed by atoms with van der Waals surface area (Å²) < 4.78 is 0. The second kappa shape index (κ2) is 7.28. The SMILES string of the molecule is CCN(CC)Cc1sc(-c2ccccn2)nc1CC(=O)O. The lowest BCUT2D eigenvalue weighted by molar-refractivity contribution is -0.136. The first-order chi connectivity index (χ1) is 10.1. The fourth-order valence-corrected chi connectivity index (χ4v) is 3.13. The van der Waals surface area contributed by atoms with Crippen molar-refractivity contribution in [3.63, 3.8) is 0 Å². The van der Waals surface area contributed by atoms with Crippen LogP contribution < -0.4 is 0 Å². The number of thiazole rings is 1. The average Bonchev–Trinajstić information content (AvgIpc) is 2.87. The summed E-state index contributed by atoms with van der Waals surface area (Å²) in [6.07, 6.45) is 1.68. The molecule has 2 rings (SSSR count). The van der Waals surface area contributed by atoms with E-state index in [2.05, 4.69) is 28.7 Å². The number of rotatable bonds is 7. The quantitative estimate of drug-likeness (QED) is 0.852. The van der Waals surface area contributed by atoms with E-state index in [1.165, 1.54) is 11.3 Å². The zero-order chi connectivity index (χ0) is 15.2. The normalized spacial score (nSPS) is 11.0. The molecule has 21 heavy (non-hydrogen) atoms. The molecule has 0 spiro atoms. The second-order valence-corrected chi connectivity index (χ2v) is 5.72. The first-order valence-electron chi connectivity index (χ1n) is 6.98. The summed E-state index contributed by atoms with van der Waals surface area (Å²) in [5, 5.41) is 9.84. The van der Waals surface area contributed by atoms with Crippen LogP contribution in [0.5, 0.6) is 0 Å². The van der Waals surface area contributed by atoms with Crippen molar-refractivity contribution in [3.8, 4) is 10.7 Å². The third-order valence-corrected chi connectivity index (χ3v) is 4.35. The number of aliphatic carboxylic acids is 1. The summed E-state index contributed by atoms with van der Waals surface area (Å²) in [6.45, 7) is 6.79. The summed E-state index contributed by atoms with van der Waals surface area (Å²) in [7, 11) is 0. The van der Waals surface area contributed by atoms with Gasteiger partial charge in [0.2, 0.25) is 0 Å². The van der Waals surface area contributed by atoms with Crippen LogP contribution in [0.4, 0.5) is 0 Å². The van der Waals surface area contributed by atoms with Crippen molar-refractivity contribution in [2.75, 3.05) is 13.1 Å². The predicted octanol–water partition coefficient (Wildman–Crippen LogP) is 2.67. The Balaban J connectivity index is 2.33. The van der Waals surface area contributed by atoms with E-state index in [4.69, 9.17) is 5.11 Å². The van der Waals surface area contributed by atoms with E-state index in [1.54, 1.807) is 6.20 Å². The molecule has 0 bridgehead atoms. The van der Waals surface area contributed by atoms with Crippen molar-refractivity contribution in [3.05, 3.63) is 35.0 Å². The molecule has 0 aliphatic heterocycles. The first kappa shape index (κ1) is 15.6. The predicted molar refractivity (Wildman–Crippen MR) is 83.3 cm³/mol. The maximum atomic E-state index is 11.0. The molecule has 0 aromatic carbocycles. The Kier molecular flexibility index (Phi) is 5.41. The number of nitrogens with zero attached hydrogens (tertiary/aromatic N) is 3. The number of aromatic nitrogens is 2. The molecule has 0 unspecified atom stereocenters. The molecule has 112 valence electrons. The number of carbonyl (C=O) groups is 1. The van der Waals surface area contributed by atoms with E-state index in [-0.39, 0.29) is 6.42 Å². The highest BCUT2D eigenvalue weighted by Crippen LogP contribution is 2.28. The van der Waals surface area contributed by atoms with Gasteiger partial charge in [-0.25, -0.2) is 4.98 Å². The van der Waals surface area contributed by atoms with Crippen LogP contribution in [0.25, 0.3) is 10.7 Å². The minimum atomic E-state index is -0.853. The van der Waals surface area contributed by atoms with Gasteiger partial charge >= 0.3 is 5.97 Å².